The second-order valence-corrected chi connectivity index (χ2v) is 4.45. The van der Waals surface area contributed by atoms with Crippen LogP contribution in [-0.4, -0.2) is 17.3 Å². The van der Waals surface area contributed by atoms with E-state index in [1.54, 1.807) is 0 Å². The van der Waals surface area contributed by atoms with Crippen LogP contribution in [0.4, 0.5) is 0 Å². The van der Waals surface area contributed by atoms with Crippen molar-refractivity contribution >= 4 is 0 Å². The maximum Gasteiger partial charge on any atom is 0.0565 e. The molecule has 1 rings (SSSR count). The number of azide groups is 1. The molecule has 0 heterocycles. The predicted molar refractivity (Wildman–Crippen MR) is 55.7 cm³/mol. The summed E-state index contributed by atoms with van der Waals surface area (Å²) in [4.78, 5) is 2.89. The van der Waals surface area contributed by atoms with Crippen LogP contribution < -0.4 is 0 Å². The van der Waals surface area contributed by atoms with Gasteiger partial charge in [0.25, 0.3) is 0 Å². The molecule has 4 nitrogen and oxygen atoms in total. The second-order valence-electron chi connectivity index (χ2n) is 4.45. The highest BCUT2D eigenvalue weighted by molar-refractivity contribution is 4.80. The summed E-state index contributed by atoms with van der Waals surface area (Å²) < 4.78 is 0. The fraction of sp³-hybridized carbons (Fsp3) is 1.00. The van der Waals surface area contributed by atoms with E-state index in [9.17, 15) is 5.11 Å². The van der Waals surface area contributed by atoms with Crippen molar-refractivity contribution in [1.29, 1.82) is 0 Å². The van der Waals surface area contributed by atoms with Crippen LogP contribution in [0.1, 0.15) is 39.5 Å². The van der Waals surface area contributed by atoms with E-state index in [1.165, 1.54) is 0 Å². The largest absolute Gasteiger partial charge is 0.393 e. The van der Waals surface area contributed by atoms with Gasteiger partial charge in [-0.2, -0.15) is 0 Å². The first-order valence-corrected chi connectivity index (χ1v) is 5.37. The Bertz CT molecular complexity index is 225. The van der Waals surface area contributed by atoms with Crippen molar-refractivity contribution in [2.75, 3.05) is 0 Å². The fourth-order valence-electron chi connectivity index (χ4n) is 2.06. The molecule has 1 saturated carbocycles. The molecule has 1 aliphatic carbocycles. The Balaban J connectivity index is 2.59. The van der Waals surface area contributed by atoms with Crippen LogP contribution in [0.15, 0.2) is 5.11 Å². The van der Waals surface area contributed by atoms with E-state index in [0.717, 1.165) is 25.7 Å². The first-order valence-electron chi connectivity index (χ1n) is 5.37. The van der Waals surface area contributed by atoms with E-state index in [2.05, 4.69) is 23.9 Å². The van der Waals surface area contributed by atoms with E-state index in [0.29, 0.717) is 11.8 Å². The average molecular weight is 197 g/mol. The maximum atomic E-state index is 9.71. The molecule has 80 valence electrons. The Morgan fingerprint density at radius 3 is 2.43 bits per heavy atom. The van der Waals surface area contributed by atoms with Gasteiger partial charge in [-0.1, -0.05) is 19.0 Å². The summed E-state index contributed by atoms with van der Waals surface area (Å²) in [6, 6.07) is 0.120. The van der Waals surface area contributed by atoms with Gasteiger partial charge in [-0.25, -0.2) is 0 Å². The molecule has 0 aromatic heterocycles. The van der Waals surface area contributed by atoms with Crippen molar-refractivity contribution < 1.29 is 5.11 Å². The molecule has 4 atom stereocenters. The van der Waals surface area contributed by atoms with Gasteiger partial charge in [-0.05, 0) is 43.1 Å². The molecule has 0 radical (unpaired) electrons. The third kappa shape index (κ3) is 2.89. The summed E-state index contributed by atoms with van der Waals surface area (Å²) in [5.41, 5.74) is 8.43. The van der Waals surface area contributed by atoms with Gasteiger partial charge in [-0.3, -0.25) is 0 Å². The number of aliphatic hydroxyl groups is 1. The lowest BCUT2D eigenvalue weighted by atomic mass is 9.83. The van der Waals surface area contributed by atoms with Crippen LogP contribution in [0.25, 0.3) is 10.4 Å². The number of hydrogen-bond donors (Lipinski definition) is 1. The summed E-state index contributed by atoms with van der Waals surface area (Å²) in [5, 5.41) is 13.5. The quantitative estimate of drug-likeness (QED) is 0.392. The third-order valence-electron chi connectivity index (χ3n) is 3.35. The zero-order valence-corrected chi connectivity index (χ0v) is 8.93. The van der Waals surface area contributed by atoms with E-state index >= 15 is 0 Å². The van der Waals surface area contributed by atoms with Crippen molar-refractivity contribution in [1.82, 2.24) is 0 Å². The Kier molecular flexibility index (Phi) is 4.23. The minimum Gasteiger partial charge on any atom is -0.393 e. The lowest BCUT2D eigenvalue weighted by molar-refractivity contribution is 0.0818. The van der Waals surface area contributed by atoms with Gasteiger partial charge in [0.05, 0.1) is 6.10 Å². The predicted octanol–water partition coefficient (Wildman–Crippen LogP) is 2.87. The van der Waals surface area contributed by atoms with Crippen molar-refractivity contribution in [3.05, 3.63) is 10.4 Å². The smallest absolute Gasteiger partial charge is 0.0565 e. The highest BCUT2D eigenvalue weighted by Gasteiger charge is 2.24. The summed E-state index contributed by atoms with van der Waals surface area (Å²) >= 11 is 0. The van der Waals surface area contributed by atoms with Crippen LogP contribution in [0.2, 0.25) is 0 Å². The standard InChI is InChI=1S/C10H19N3O/c1-7-4-6-10(14)8(2)3-5-9(7)12-13-11/h7-10,14H,3-6H2,1-2H3. The van der Waals surface area contributed by atoms with Crippen molar-refractivity contribution in [2.24, 2.45) is 17.0 Å². The van der Waals surface area contributed by atoms with Crippen molar-refractivity contribution in [2.45, 2.75) is 51.7 Å². The Hall–Kier alpha value is -0.730. The lowest BCUT2D eigenvalue weighted by Crippen LogP contribution is -2.26. The third-order valence-corrected chi connectivity index (χ3v) is 3.35. The highest BCUT2D eigenvalue weighted by Crippen LogP contribution is 2.28. The topological polar surface area (TPSA) is 69.0 Å². The molecule has 14 heavy (non-hydrogen) atoms. The number of aliphatic hydroxyl groups excluding tert-OH is 1. The van der Waals surface area contributed by atoms with Crippen LogP contribution >= 0.6 is 0 Å². The van der Waals surface area contributed by atoms with Gasteiger partial charge in [0.1, 0.15) is 0 Å². The fourth-order valence-corrected chi connectivity index (χ4v) is 2.06. The van der Waals surface area contributed by atoms with Gasteiger partial charge in [0.2, 0.25) is 0 Å². The molecular formula is C10H19N3O. The molecule has 0 aromatic carbocycles. The Labute approximate surface area is 84.9 Å². The van der Waals surface area contributed by atoms with E-state index in [4.69, 9.17) is 5.53 Å². The molecule has 0 aromatic rings. The van der Waals surface area contributed by atoms with Gasteiger partial charge in [0.15, 0.2) is 0 Å². The Morgan fingerprint density at radius 1 is 1.14 bits per heavy atom. The molecule has 0 bridgehead atoms. The molecule has 0 saturated heterocycles. The molecule has 1 N–H and O–H groups in total. The molecule has 1 fully saturated rings. The minimum atomic E-state index is -0.176. The number of rotatable bonds is 1. The van der Waals surface area contributed by atoms with Gasteiger partial charge >= 0.3 is 0 Å². The first kappa shape index (κ1) is 11.3. The molecule has 0 amide bonds. The van der Waals surface area contributed by atoms with E-state index < -0.39 is 0 Å². The monoisotopic (exact) mass is 197 g/mol. The summed E-state index contributed by atoms with van der Waals surface area (Å²) in [6.45, 7) is 4.16. The first-order chi connectivity index (χ1) is 6.65. The SMILES string of the molecule is CC1CCC(N=[N+]=[N-])C(C)CCC1O. The van der Waals surface area contributed by atoms with E-state index in [1.807, 2.05) is 0 Å². The number of nitrogens with zero attached hydrogens (tertiary/aromatic N) is 3. The van der Waals surface area contributed by atoms with Crippen LogP contribution in [0, 0.1) is 11.8 Å². The van der Waals surface area contributed by atoms with Crippen LogP contribution in [-0.2, 0) is 0 Å². The summed E-state index contributed by atoms with van der Waals surface area (Å²) in [7, 11) is 0. The molecule has 0 spiro atoms. The molecule has 0 aliphatic heterocycles. The van der Waals surface area contributed by atoms with E-state index in [-0.39, 0.29) is 12.1 Å². The van der Waals surface area contributed by atoms with Crippen molar-refractivity contribution in [3.8, 4) is 0 Å². The highest BCUT2D eigenvalue weighted by atomic mass is 16.3. The summed E-state index contributed by atoms with van der Waals surface area (Å²) in [5.74, 6) is 0.729. The van der Waals surface area contributed by atoms with Gasteiger partial charge in [0, 0.05) is 11.0 Å². The zero-order chi connectivity index (χ0) is 10.6. The Morgan fingerprint density at radius 2 is 1.79 bits per heavy atom. The molecule has 4 unspecified atom stereocenters. The lowest BCUT2D eigenvalue weighted by Gasteiger charge is -2.28. The normalized spacial score (nSPS) is 39.4. The van der Waals surface area contributed by atoms with Gasteiger partial charge < -0.3 is 5.11 Å². The zero-order valence-electron chi connectivity index (χ0n) is 8.93. The molecular weight excluding hydrogens is 178 g/mol. The van der Waals surface area contributed by atoms with Crippen LogP contribution in [0.5, 0.6) is 0 Å². The molecule has 1 aliphatic rings. The summed E-state index contributed by atoms with van der Waals surface area (Å²) in [6.07, 6.45) is 3.47. The van der Waals surface area contributed by atoms with Crippen LogP contribution in [0.3, 0.4) is 0 Å². The maximum absolute atomic E-state index is 9.71. The average Bonchev–Trinajstić information content (AvgIpc) is 2.18. The van der Waals surface area contributed by atoms with Crippen molar-refractivity contribution in [3.63, 3.8) is 0 Å². The second kappa shape index (κ2) is 5.23. The number of hydrogen-bond acceptors (Lipinski definition) is 2. The molecule has 4 heteroatoms. The van der Waals surface area contributed by atoms with Gasteiger partial charge in [-0.15, -0.1) is 0 Å². The minimum absolute atomic E-state index is 0.120.